The Morgan fingerprint density at radius 2 is 1.95 bits per heavy atom. The van der Waals surface area contributed by atoms with Gasteiger partial charge in [-0.05, 0) is 36.1 Å². The molecular formula is C18H23N3. The van der Waals surface area contributed by atoms with E-state index in [1.807, 2.05) is 0 Å². The van der Waals surface area contributed by atoms with Crippen LogP contribution < -0.4 is 15.5 Å². The molecule has 0 amide bonds. The molecule has 0 saturated heterocycles. The molecule has 0 fully saturated rings. The molecule has 3 rings (SSSR count). The highest BCUT2D eigenvalue weighted by Crippen LogP contribution is 2.28. The number of aryl methyl sites for hydroxylation is 1. The van der Waals surface area contributed by atoms with Gasteiger partial charge in [-0.25, -0.2) is 0 Å². The lowest BCUT2D eigenvalue weighted by Gasteiger charge is -2.23. The number of para-hydroxylation sites is 3. The molecule has 21 heavy (non-hydrogen) atoms. The van der Waals surface area contributed by atoms with E-state index < -0.39 is 0 Å². The van der Waals surface area contributed by atoms with Crippen molar-refractivity contribution in [3.05, 3.63) is 53.6 Å². The van der Waals surface area contributed by atoms with E-state index in [2.05, 4.69) is 72.1 Å². The van der Waals surface area contributed by atoms with Crippen LogP contribution in [0.4, 0.5) is 17.1 Å². The summed E-state index contributed by atoms with van der Waals surface area (Å²) in [6.45, 7) is 1.93. The Morgan fingerprint density at radius 1 is 1.10 bits per heavy atom. The summed E-state index contributed by atoms with van der Waals surface area (Å²) in [6.07, 6.45) is 2.41. The third-order valence-electron chi connectivity index (χ3n) is 4.02. The first-order valence-corrected chi connectivity index (χ1v) is 7.60. The van der Waals surface area contributed by atoms with Gasteiger partial charge in [0.2, 0.25) is 0 Å². The zero-order valence-electron chi connectivity index (χ0n) is 12.8. The van der Waals surface area contributed by atoms with Crippen LogP contribution in [-0.4, -0.2) is 20.6 Å². The van der Waals surface area contributed by atoms with Crippen LogP contribution in [0.15, 0.2) is 42.5 Å². The summed E-state index contributed by atoms with van der Waals surface area (Å²) in [5.41, 5.74) is 6.52. The Kier molecular flexibility index (Phi) is 4.00. The molecule has 0 saturated carbocycles. The van der Waals surface area contributed by atoms with Crippen molar-refractivity contribution in [3.8, 4) is 0 Å². The van der Waals surface area contributed by atoms with E-state index in [9.17, 15) is 0 Å². The fourth-order valence-electron chi connectivity index (χ4n) is 2.93. The molecule has 0 unspecified atom stereocenters. The predicted molar refractivity (Wildman–Crippen MR) is 91.3 cm³/mol. The van der Waals surface area contributed by atoms with Gasteiger partial charge in [-0.1, -0.05) is 30.3 Å². The zero-order chi connectivity index (χ0) is 14.7. The molecule has 2 aromatic carbocycles. The average molecular weight is 281 g/mol. The molecule has 3 nitrogen and oxygen atoms in total. The lowest BCUT2D eigenvalue weighted by atomic mass is 9.99. The number of nitrogens with zero attached hydrogens (tertiary/aromatic N) is 1. The average Bonchev–Trinajstić information content (AvgIpc) is 2.53. The molecule has 3 heteroatoms. The number of nitrogens with one attached hydrogen (secondary N) is 2. The lowest BCUT2D eigenvalue weighted by Crippen LogP contribution is -2.16. The normalized spacial score (nSPS) is 13.2. The third-order valence-corrected chi connectivity index (χ3v) is 4.02. The number of hydrogen-bond acceptors (Lipinski definition) is 3. The monoisotopic (exact) mass is 281 g/mol. The Labute approximate surface area is 127 Å². The van der Waals surface area contributed by atoms with E-state index in [0.29, 0.717) is 0 Å². The van der Waals surface area contributed by atoms with Crippen LogP contribution in [0.25, 0.3) is 0 Å². The largest absolute Gasteiger partial charge is 0.385 e. The molecule has 1 heterocycles. The van der Waals surface area contributed by atoms with Crippen LogP contribution in [0.2, 0.25) is 0 Å². The first-order chi connectivity index (χ1) is 10.3. The number of benzene rings is 2. The van der Waals surface area contributed by atoms with Gasteiger partial charge >= 0.3 is 0 Å². The van der Waals surface area contributed by atoms with Crippen LogP contribution >= 0.6 is 0 Å². The van der Waals surface area contributed by atoms with E-state index in [1.165, 1.54) is 41.0 Å². The maximum atomic E-state index is 3.58. The summed E-state index contributed by atoms with van der Waals surface area (Å²) in [7, 11) is 4.15. The van der Waals surface area contributed by atoms with Crippen LogP contribution in [0.1, 0.15) is 17.5 Å². The van der Waals surface area contributed by atoms with Crippen LogP contribution in [0, 0.1) is 0 Å². The maximum Gasteiger partial charge on any atom is 0.0596 e. The molecule has 0 aromatic heterocycles. The Bertz CT molecular complexity index is 620. The molecular weight excluding hydrogens is 258 g/mol. The third kappa shape index (κ3) is 2.97. The Hall–Kier alpha value is -2.16. The summed E-state index contributed by atoms with van der Waals surface area (Å²) in [5, 5.41) is 7.13. The second-order valence-corrected chi connectivity index (χ2v) is 5.75. The molecule has 0 atom stereocenters. The minimum atomic E-state index is 0.848. The Balaban J connectivity index is 1.80. The van der Waals surface area contributed by atoms with E-state index in [4.69, 9.17) is 0 Å². The van der Waals surface area contributed by atoms with Crippen molar-refractivity contribution in [2.45, 2.75) is 19.4 Å². The van der Waals surface area contributed by atoms with Crippen molar-refractivity contribution in [1.82, 2.24) is 0 Å². The molecule has 110 valence electrons. The fraction of sp³-hybridized carbons (Fsp3) is 0.333. The lowest BCUT2D eigenvalue weighted by molar-refractivity contribution is 0.825. The minimum absolute atomic E-state index is 0.848. The van der Waals surface area contributed by atoms with Crippen molar-refractivity contribution >= 4 is 17.1 Å². The second kappa shape index (κ2) is 6.08. The summed E-state index contributed by atoms with van der Waals surface area (Å²) in [4.78, 5) is 2.14. The van der Waals surface area contributed by atoms with Gasteiger partial charge in [0.15, 0.2) is 0 Å². The second-order valence-electron chi connectivity index (χ2n) is 5.75. The smallest absolute Gasteiger partial charge is 0.0596 e. The van der Waals surface area contributed by atoms with Gasteiger partial charge in [-0.3, -0.25) is 0 Å². The minimum Gasteiger partial charge on any atom is -0.385 e. The molecule has 0 spiro atoms. The maximum absolute atomic E-state index is 3.58. The molecule has 2 aromatic rings. The van der Waals surface area contributed by atoms with Gasteiger partial charge in [0.1, 0.15) is 0 Å². The highest BCUT2D eigenvalue weighted by molar-refractivity contribution is 5.70. The van der Waals surface area contributed by atoms with Gasteiger partial charge in [-0.2, -0.15) is 0 Å². The van der Waals surface area contributed by atoms with Gasteiger partial charge in [-0.15, -0.1) is 0 Å². The molecule has 0 aliphatic carbocycles. The quantitative estimate of drug-likeness (QED) is 0.894. The standard InChI is InChI=1S/C18H23N3/c1-21(2)17-11-4-3-10-16(17)20-13-15-8-5-7-14-9-6-12-19-18(14)15/h3-5,7-8,10-11,19-20H,6,9,12-13H2,1-2H3. The van der Waals surface area contributed by atoms with E-state index >= 15 is 0 Å². The summed E-state index contributed by atoms with van der Waals surface area (Å²) in [5.74, 6) is 0. The van der Waals surface area contributed by atoms with Crippen molar-refractivity contribution in [2.75, 3.05) is 36.2 Å². The van der Waals surface area contributed by atoms with Gasteiger partial charge in [0.05, 0.1) is 11.4 Å². The summed E-state index contributed by atoms with van der Waals surface area (Å²) < 4.78 is 0. The molecule has 2 N–H and O–H groups in total. The topological polar surface area (TPSA) is 27.3 Å². The van der Waals surface area contributed by atoms with Crippen molar-refractivity contribution < 1.29 is 0 Å². The number of hydrogen-bond donors (Lipinski definition) is 2. The zero-order valence-corrected chi connectivity index (χ0v) is 12.8. The first kappa shape index (κ1) is 13.8. The molecule has 0 bridgehead atoms. The number of anilines is 3. The van der Waals surface area contributed by atoms with Crippen molar-refractivity contribution in [2.24, 2.45) is 0 Å². The highest BCUT2D eigenvalue weighted by Gasteiger charge is 2.12. The SMILES string of the molecule is CN(C)c1ccccc1NCc1cccc2c1NCCC2. The van der Waals surface area contributed by atoms with Gasteiger partial charge < -0.3 is 15.5 Å². The van der Waals surface area contributed by atoms with Gasteiger partial charge in [0.25, 0.3) is 0 Å². The van der Waals surface area contributed by atoms with Crippen LogP contribution in [0.5, 0.6) is 0 Å². The number of rotatable bonds is 4. The summed E-state index contributed by atoms with van der Waals surface area (Å²) >= 11 is 0. The highest BCUT2D eigenvalue weighted by atomic mass is 15.1. The first-order valence-electron chi connectivity index (χ1n) is 7.60. The molecule has 1 aliphatic rings. The van der Waals surface area contributed by atoms with Crippen molar-refractivity contribution in [1.29, 1.82) is 0 Å². The fourth-order valence-corrected chi connectivity index (χ4v) is 2.93. The summed E-state index contributed by atoms with van der Waals surface area (Å²) in [6, 6.07) is 15.0. The van der Waals surface area contributed by atoms with E-state index in [-0.39, 0.29) is 0 Å². The van der Waals surface area contributed by atoms with Crippen LogP contribution in [0.3, 0.4) is 0 Å². The predicted octanol–water partition coefficient (Wildman–Crippen LogP) is 3.72. The van der Waals surface area contributed by atoms with Gasteiger partial charge in [0, 0.05) is 32.9 Å². The van der Waals surface area contributed by atoms with Crippen LogP contribution in [-0.2, 0) is 13.0 Å². The molecule has 1 aliphatic heterocycles. The van der Waals surface area contributed by atoms with Crippen molar-refractivity contribution in [3.63, 3.8) is 0 Å². The Morgan fingerprint density at radius 3 is 2.81 bits per heavy atom. The van der Waals surface area contributed by atoms with E-state index in [0.717, 1.165) is 13.1 Å². The molecule has 0 radical (unpaired) electrons. The van der Waals surface area contributed by atoms with E-state index in [1.54, 1.807) is 0 Å². The number of fused-ring (bicyclic) bond motifs is 1.